The van der Waals surface area contributed by atoms with Crippen LogP contribution in [-0.2, 0) is 10.8 Å². The van der Waals surface area contributed by atoms with Crippen LogP contribution >= 0.6 is 0 Å². The molecule has 0 saturated carbocycles. The van der Waals surface area contributed by atoms with Crippen molar-refractivity contribution >= 4 is 10.8 Å². The third-order valence-corrected chi connectivity index (χ3v) is 3.47. The predicted octanol–water partition coefficient (Wildman–Crippen LogP) is 1.73. The molecule has 1 aromatic carbocycles. The van der Waals surface area contributed by atoms with Gasteiger partial charge in [-0.3, -0.25) is 4.21 Å². The van der Waals surface area contributed by atoms with Crippen molar-refractivity contribution < 1.29 is 13.7 Å². The van der Waals surface area contributed by atoms with E-state index < -0.39 is 10.8 Å². The van der Waals surface area contributed by atoms with Crippen LogP contribution in [0.4, 0.5) is 0 Å². The summed E-state index contributed by atoms with van der Waals surface area (Å²) in [5, 5.41) is 3.33. The maximum Gasteiger partial charge on any atom is 0.127 e. The van der Waals surface area contributed by atoms with Gasteiger partial charge in [0.05, 0.1) is 14.2 Å². The molecular weight excluding hydrogens is 250 g/mol. The molecule has 0 bridgehead atoms. The molecule has 0 aliphatic heterocycles. The molecule has 0 aromatic heterocycles. The summed E-state index contributed by atoms with van der Waals surface area (Å²) in [7, 11) is 2.39. The summed E-state index contributed by atoms with van der Waals surface area (Å²) in [5.74, 6) is 2.07. The molecule has 2 atom stereocenters. The van der Waals surface area contributed by atoms with E-state index in [1.807, 2.05) is 25.1 Å². The molecule has 102 valence electrons. The van der Waals surface area contributed by atoms with Crippen molar-refractivity contribution in [2.75, 3.05) is 32.8 Å². The molecule has 2 unspecified atom stereocenters. The van der Waals surface area contributed by atoms with Gasteiger partial charge >= 0.3 is 0 Å². The van der Waals surface area contributed by atoms with Crippen LogP contribution in [0.25, 0.3) is 0 Å². The SMILES string of the molecule is CCNC(CS(C)=O)c1ccc(OC)cc1OC. The fourth-order valence-corrected chi connectivity index (χ4v) is 2.61. The Bertz CT molecular complexity index is 409. The molecule has 4 nitrogen and oxygen atoms in total. The number of nitrogens with one attached hydrogen (secondary N) is 1. The number of rotatable bonds is 7. The van der Waals surface area contributed by atoms with Crippen molar-refractivity contribution in [1.82, 2.24) is 5.32 Å². The molecule has 1 N–H and O–H groups in total. The Balaban J connectivity index is 3.05. The fraction of sp³-hybridized carbons (Fsp3) is 0.538. The van der Waals surface area contributed by atoms with Crippen molar-refractivity contribution in [3.8, 4) is 11.5 Å². The quantitative estimate of drug-likeness (QED) is 0.820. The highest BCUT2D eigenvalue weighted by molar-refractivity contribution is 7.84. The Hall–Kier alpha value is -1.07. The van der Waals surface area contributed by atoms with Crippen molar-refractivity contribution in [1.29, 1.82) is 0 Å². The van der Waals surface area contributed by atoms with E-state index in [9.17, 15) is 4.21 Å². The Morgan fingerprint density at radius 1 is 1.33 bits per heavy atom. The van der Waals surface area contributed by atoms with E-state index in [1.54, 1.807) is 20.5 Å². The van der Waals surface area contributed by atoms with E-state index >= 15 is 0 Å². The smallest absolute Gasteiger partial charge is 0.127 e. The summed E-state index contributed by atoms with van der Waals surface area (Å²) < 4.78 is 22.0. The zero-order chi connectivity index (χ0) is 13.5. The fourth-order valence-electron chi connectivity index (χ4n) is 1.85. The lowest BCUT2D eigenvalue weighted by atomic mass is 10.1. The number of methoxy groups -OCH3 is 2. The van der Waals surface area contributed by atoms with Crippen LogP contribution in [0, 0.1) is 0 Å². The summed E-state index contributed by atoms with van der Waals surface area (Å²) in [6.07, 6.45) is 1.71. The first-order chi connectivity index (χ1) is 8.62. The van der Waals surface area contributed by atoms with Gasteiger partial charge in [0, 0.05) is 40.5 Å². The molecule has 1 aromatic rings. The molecule has 0 heterocycles. The van der Waals surface area contributed by atoms with Gasteiger partial charge < -0.3 is 14.8 Å². The second-order valence-corrected chi connectivity index (χ2v) is 5.44. The van der Waals surface area contributed by atoms with Crippen LogP contribution in [0.15, 0.2) is 18.2 Å². The van der Waals surface area contributed by atoms with Gasteiger partial charge in [0.1, 0.15) is 11.5 Å². The van der Waals surface area contributed by atoms with Crippen molar-refractivity contribution in [3.05, 3.63) is 23.8 Å². The van der Waals surface area contributed by atoms with Gasteiger partial charge in [-0.15, -0.1) is 0 Å². The molecule has 5 heteroatoms. The second kappa shape index (κ2) is 7.38. The predicted molar refractivity (Wildman–Crippen MR) is 74.9 cm³/mol. The van der Waals surface area contributed by atoms with E-state index in [4.69, 9.17) is 9.47 Å². The number of hydrogen-bond donors (Lipinski definition) is 1. The van der Waals surface area contributed by atoms with Gasteiger partial charge in [0.2, 0.25) is 0 Å². The third kappa shape index (κ3) is 3.99. The minimum atomic E-state index is -0.864. The van der Waals surface area contributed by atoms with Crippen LogP contribution in [-0.4, -0.2) is 37.0 Å². The molecule has 0 saturated heterocycles. The zero-order valence-electron chi connectivity index (χ0n) is 11.4. The molecular formula is C13H21NO3S. The summed E-state index contributed by atoms with van der Waals surface area (Å²) in [6, 6.07) is 5.72. The van der Waals surface area contributed by atoms with Gasteiger partial charge in [-0.25, -0.2) is 0 Å². The van der Waals surface area contributed by atoms with E-state index in [1.165, 1.54) is 0 Å². The lowest BCUT2D eigenvalue weighted by molar-refractivity contribution is 0.386. The first-order valence-electron chi connectivity index (χ1n) is 5.87. The van der Waals surface area contributed by atoms with Crippen LogP contribution in [0.1, 0.15) is 18.5 Å². The highest BCUT2D eigenvalue weighted by atomic mass is 32.2. The minimum absolute atomic E-state index is 0.0293. The third-order valence-electron chi connectivity index (χ3n) is 2.67. The van der Waals surface area contributed by atoms with Crippen LogP contribution in [0.2, 0.25) is 0 Å². The Labute approximate surface area is 111 Å². The first-order valence-corrected chi connectivity index (χ1v) is 7.60. The normalized spacial score (nSPS) is 14.0. The van der Waals surface area contributed by atoms with E-state index in [0.717, 1.165) is 23.6 Å². The van der Waals surface area contributed by atoms with Crippen LogP contribution in [0.5, 0.6) is 11.5 Å². The van der Waals surface area contributed by atoms with Crippen LogP contribution < -0.4 is 14.8 Å². The van der Waals surface area contributed by atoms with Gasteiger partial charge in [0.15, 0.2) is 0 Å². The van der Waals surface area contributed by atoms with Gasteiger partial charge in [-0.05, 0) is 12.6 Å². The second-order valence-electron chi connectivity index (χ2n) is 3.96. The van der Waals surface area contributed by atoms with E-state index in [0.29, 0.717) is 5.75 Å². The van der Waals surface area contributed by atoms with Gasteiger partial charge in [-0.2, -0.15) is 0 Å². The average molecular weight is 271 g/mol. The van der Waals surface area contributed by atoms with Crippen molar-refractivity contribution in [2.24, 2.45) is 0 Å². The Kier molecular flexibility index (Phi) is 6.15. The minimum Gasteiger partial charge on any atom is -0.497 e. The average Bonchev–Trinajstić information content (AvgIpc) is 2.37. The van der Waals surface area contributed by atoms with Crippen molar-refractivity contribution in [2.45, 2.75) is 13.0 Å². The topological polar surface area (TPSA) is 47.6 Å². The molecule has 0 aliphatic carbocycles. The summed E-state index contributed by atoms with van der Waals surface area (Å²) in [5.41, 5.74) is 1.01. The molecule has 1 rings (SSSR count). The molecule has 0 spiro atoms. The first kappa shape index (κ1) is 15.0. The maximum atomic E-state index is 11.4. The molecule has 0 radical (unpaired) electrons. The Morgan fingerprint density at radius 3 is 2.56 bits per heavy atom. The van der Waals surface area contributed by atoms with Crippen molar-refractivity contribution in [3.63, 3.8) is 0 Å². The lowest BCUT2D eigenvalue weighted by Crippen LogP contribution is -2.26. The lowest BCUT2D eigenvalue weighted by Gasteiger charge is -2.20. The molecule has 0 amide bonds. The zero-order valence-corrected chi connectivity index (χ0v) is 12.2. The van der Waals surface area contributed by atoms with Crippen LogP contribution in [0.3, 0.4) is 0 Å². The Morgan fingerprint density at radius 2 is 2.06 bits per heavy atom. The molecule has 18 heavy (non-hydrogen) atoms. The van der Waals surface area contributed by atoms with Gasteiger partial charge in [0.25, 0.3) is 0 Å². The largest absolute Gasteiger partial charge is 0.497 e. The molecule has 0 aliphatic rings. The summed E-state index contributed by atoms with van der Waals surface area (Å²) in [6.45, 7) is 2.85. The number of benzene rings is 1. The van der Waals surface area contributed by atoms with E-state index in [2.05, 4.69) is 5.32 Å². The summed E-state index contributed by atoms with van der Waals surface area (Å²) >= 11 is 0. The highest BCUT2D eigenvalue weighted by Gasteiger charge is 2.17. The summed E-state index contributed by atoms with van der Waals surface area (Å²) in [4.78, 5) is 0. The number of ether oxygens (including phenoxy) is 2. The monoisotopic (exact) mass is 271 g/mol. The maximum absolute atomic E-state index is 11.4. The highest BCUT2D eigenvalue weighted by Crippen LogP contribution is 2.29. The standard InChI is InChI=1S/C13H21NO3S/c1-5-14-12(9-18(4)15)11-7-6-10(16-2)8-13(11)17-3/h6-8,12,14H,5,9H2,1-4H3. The number of hydrogen-bond acceptors (Lipinski definition) is 4. The molecule has 0 fully saturated rings. The van der Waals surface area contributed by atoms with E-state index in [-0.39, 0.29) is 6.04 Å². The van der Waals surface area contributed by atoms with Gasteiger partial charge in [-0.1, -0.05) is 13.0 Å².